The van der Waals surface area contributed by atoms with E-state index in [0.717, 1.165) is 41.5 Å². The van der Waals surface area contributed by atoms with Crippen molar-refractivity contribution in [1.29, 1.82) is 0 Å². The van der Waals surface area contributed by atoms with Crippen LogP contribution in [0.2, 0.25) is 0 Å². The summed E-state index contributed by atoms with van der Waals surface area (Å²) in [5.41, 5.74) is 2.20. The third-order valence-corrected chi connectivity index (χ3v) is 6.79. The lowest BCUT2D eigenvalue weighted by Crippen LogP contribution is -3.16. The van der Waals surface area contributed by atoms with Gasteiger partial charge < -0.3 is 28.4 Å². The molecule has 0 unspecified atom stereocenters. The first-order chi connectivity index (χ1) is 15.1. The van der Waals surface area contributed by atoms with Gasteiger partial charge in [0.1, 0.15) is 5.75 Å². The van der Waals surface area contributed by atoms with Gasteiger partial charge in [0.2, 0.25) is 18.8 Å². The highest BCUT2D eigenvalue weighted by molar-refractivity contribution is 5.59. The van der Waals surface area contributed by atoms with Gasteiger partial charge in [-0.3, -0.25) is 4.90 Å². The Kier molecular flexibility index (Phi) is 5.22. The Hall–Kier alpha value is -2.80. The summed E-state index contributed by atoms with van der Waals surface area (Å²) in [7, 11) is 4.93. The highest BCUT2D eigenvalue weighted by Crippen LogP contribution is 2.50. The van der Waals surface area contributed by atoms with Gasteiger partial charge in [0.25, 0.3) is 0 Å². The van der Waals surface area contributed by atoms with Gasteiger partial charge in [-0.05, 0) is 23.8 Å². The second-order valence-electron chi connectivity index (χ2n) is 8.44. The number of fused-ring (bicyclic) bond motifs is 2. The third-order valence-electron chi connectivity index (χ3n) is 6.79. The van der Waals surface area contributed by atoms with Crippen LogP contribution in [0, 0.1) is 5.92 Å². The summed E-state index contributed by atoms with van der Waals surface area (Å²) < 4.78 is 34.8. The Morgan fingerprint density at radius 1 is 0.839 bits per heavy atom. The molecule has 2 aromatic carbocycles. The zero-order valence-corrected chi connectivity index (χ0v) is 18.5. The molecule has 1 fully saturated rings. The first-order valence-corrected chi connectivity index (χ1v) is 10.9. The topological polar surface area (TPSA) is 59.8 Å². The fraction of sp³-hybridized carbons (Fsp3) is 0.500. The average Bonchev–Trinajstić information content (AvgIpc) is 3.48. The Morgan fingerprint density at radius 2 is 1.48 bits per heavy atom. The molecule has 3 aliphatic rings. The van der Waals surface area contributed by atoms with Gasteiger partial charge in [-0.25, -0.2) is 0 Å². The molecule has 7 nitrogen and oxygen atoms in total. The average molecular weight is 429 g/mol. The summed E-state index contributed by atoms with van der Waals surface area (Å²) >= 11 is 0. The van der Waals surface area contributed by atoms with E-state index in [1.165, 1.54) is 17.7 Å². The summed E-state index contributed by atoms with van der Waals surface area (Å²) in [6, 6.07) is 8.16. The van der Waals surface area contributed by atoms with Gasteiger partial charge in [0.15, 0.2) is 23.0 Å². The van der Waals surface area contributed by atoms with Crippen LogP contribution in [0.3, 0.4) is 0 Å². The number of rotatable bonds is 5. The molecule has 0 spiro atoms. The molecule has 2 aromatic rings. The maximum atomic E-state index is 6.60. The van der Waals surface area contributed by atoms with E-state index in [1.807, 2.05) is 6.07 Å². The zero-order chi connectivity index (χ0) is 21.5. The largest absolute Gasteiger partial charge is 0.493 e. The Bertz CT molecular complexity index is 946. The van der Waals surface area contributed by atoms with E-state index >= 15 is 0 Å². The van der Waals surface area contributed by atoms with E-state index in [9.17, 15) is 0 Å². The van der Waals surface area contributed by atoms with Crippen molar-refractivity contribution < 1.29 is 33.3 Å². The number of methoxy groups -OCH3 is 3. The molecule has 0 radical (unpaired) electrons. The number of likely N-dealkylation sites (tertiary alicyclic amines) is 1. The second kappa shape index (κ2) is 8.04. The molecule has 0 amide bonds. The zero-order valence-electron chi connectivity index (χ0n) is 18.5. The van der Waals surface area contributed by atoms with Crippen molar-refractivity contribution in [3.05, 3.63) is 35.4 Å². The van der Waals surface area contributed by atoms with Crippen LogP contribution >= 0.6 is 0 Å². The van der Waals surface area contributed by atoms with Crippen LogP contribution < -0.4 is 33.3 Å². The van der Waals surface area contributed by atoms with Crippen molar-refractivity contribution in [2.24, 2.45) is 5.92 Å². The Balaban J connectivity index is 1.66. The fourth-order valence-corrected chi connectivity index (χ4v) is 5.32. The molecular formula is C24H30NO6+. The number of hydrogen-bond acceptors (Lipinski definition) is 6. The Morgan fingerprint density at radius 3 is 2.10 bits per heavy atom. The smallest absolute Gasteiger partial charge is 0.235 e. The van der Waals surface area contributed by atoms with Crippen LogP contribution in [0.15, 0.2) is 24.3 Å². The van der Waals surface area contributed by atoms with E-state index in [4.69, 9.17) is 28.4 Å². The van der Waals surface area contributed by atoms with E-state index in [-0.39, 0.29) is 24.9 Å². The number of ether oxygens (including phenoxy) is 6. The highest BCUT2D eigenvalue weighted by atomic mass is 16.7. The normalized spacial score (nSPS) is 24.5. The van der Waals surface area contributed by atoms with Crippen molar-refractivity contribution >= 4 is 0 Å². The molecule has 166 valence electrons. The van der Waals surface area contributed by atoms with Gasteiger partial charge in [-0.2, -0.15) is 0 Å². The third kappa shape index (κ3) is 3.31. The molecule has 5 rings (SSSR count). The summed E-state index contributed by atoms with van der Waals surface area (Å²) in [4.78, 5) is 1.51. The fourth-order valence-electron chi connectivity index (χ4n) is 5.32. The van der Waals surface area contributed by atoms with Gasteiger partial charge in [-0.15, -0.1) is 0 Å². The number of nitrogens with one attached hydrogen (secondary N) is 1. The molecule has 1 N–H and O–H groups in total. The van der Waals surface area contributed by atoms with Crippen LogP contribution in [0.5, 0.6) is 34.5 Å². The molecule has 1 saturated heterocycles. The monoisotopic (exact) mass is 428 g/mol. The molecular weight excluding hydrogens is 398 g/mol. The second-order valence-corrected chi connectivity index (χ2v) is 8.44. The van der Waals surface area contributed by atoms with Crippen LogP contribution in [-0.2, 0) is 0 Å². The standard InChI is InChI=1S/C24H29NO6/c1-14-22(15-9-20(26-2)23(28-4)21(10-15)27-3)16-11-18-19(30-13-29-18)12-17(16)31-24(14)25-7-5-6-8-25/h9-12,14,22,24H,5-8,13H2,1-4H3/p+1/t14-,22+,24+/m1/s1. The van der Waals surface area contributed by atoms with Crippen molar-refractivity contribution in [2.75, 3.05) is 41.2 Å². The summed E-state index contributed by atoms with van der Waals surface area (Å²) in [6.45, 7) is 4.79. The number of benzene rings is 2. The maximum absolute atomic E-state index is 6.60. The molecule has 3 heterocycles. The molecule has 3 aliphatic heterocycles. The van der Waals surface area contributed by atoms with E-state index < -0.39 is 0 Å². The molecule has 0 bridgehead atoms. The highest BCUT2D eigenvalue weighted by Gasteiger charge is 2.44. The number of quaternary nitrogens is 1. The minimum Gasteiger partial charge on any atom is -0.493 e. The van der Waals surface area contributed by atoms with E-state index in [2.05, 4.69) is 25.1 Å². The maximum Gasteiger partial charge on any atom is 0.235 e. The lowest BCUT2D eigenvalue weighted by atomic mass is 9.78. The quantitative estimate of drug-likeness (QED) is 0.790. The lowest BCUT2D eigenvalue weighted by Gasteiger charge is -2.40. The first kappa shape index (κ1) is 20.1. The van der Waals surface area contributed by atoms with Crippen molar-refractivity contribution in [1.82, 2.24) is 0 Å². The summed E-state index contributed by atoms with van der Waals surface area (Å²) in [5, 5.41) is 0. The SMILES string of the molecule is COc1cc([C@H]2c3cc4c(cc3O[C@H]([NH+]3CCCC3)[C@@H]2C)OCO4)cc(OC)c1OC. The van der Waals surface area contributed by atoms with Crippen molar-refractivity contribution in [3.63, 3.8) is 0 Å². The minimum atomic E-state index is 0.0689. The molecule has 7 heteroatoms. The number of hydrogen-bond donors (Lipinski definition) is 1. The predicted octanol–water partition coefficient (Wildman–Crippen LogP) is 2.61. The summed E-state index contributed by atoms with van der Waals surface area (Å²) in [6.07, 6.45) is 2.55. The Labute approximate surface area is 182 Å². The van der Waals surface area contributed by atoms with E-state index in [0.29, 0.717) is 17.2 Å². The van der Waals surface area contributed by atoms with Crippen molar-refractivity contribution in [3.8, 4) is 34.5 Å². The van der Waals surface area contributed by atoms with E-state index in [1.54, 1.807) is 21.3 Å². The van der Waals surface area contributed by atoms with Crippen LogP contribution in [0.4, 0.5) is 0 Å². The molecule has 0 saturated carbocycles. The van der Waals surface area contributed by atoms with Crippen LogP contribution in [0.1, 0.15) is 36.8 Å². The molecule has 3 atom stereocenters. The van der Waals surface area contributed by atoms with Gasteiger partial charge >= 0.3 is 0 Å². The molecule has 0 aliphatic carbocycles. The minimum absolute atomic E-state index is 0.0689. The first-order valence-electron chi connectivity index (χ1n) is 10.9. The van der Waals surface area contributed by atoms with Gasteiger partial charge in [0.05, 0.1) is 40.3 Å². The lowest BCUT2D eigenvalue weighted by molar-refractivity contribution is -0.937. The summed E-state index contributed by atoms with van der Waals surface area (Å²) in [5.74, 6) is 4.61. The van der Waals surface area contributed by atoms with Crippen molar-refractivity contribution in [2.45, 2.75) is 31.9 Å². The molecule has 0 aromatic heterocycles. The predicted molar refractivity (Wildman–Crippen MR) is 114 cm³/mol. The molecule has 31 heavy (non-hydrogen) atoms. The van der Waals surface area contributed by atoms with Crippen LogP contribution in [0.25, 0.3) is 0 Å². The van der Waals surface area contributed by atoms with Gasteiger partial charge in [0, 0.05) is 30.4 Å². The van der Waals surface area contributed by atoms with Gasteiger partial charge in [-0.1, -0.05) is 6.92 Å². The van der Waals surface area contributed by atoms with Crippen LogP contribution in [-0.4, -0.2) is 47.4 Å².